The number of aromatic nitrogens is 1. The number of hydrogen-bond acceptors (Lipinski definition) is 5. The summed E-state index contributed by atoms with van der Waals surface area (Å²) in [6.45, 7) is 9.51. The van der Waals surface area contributed by atoms with Crippen molar-refractivity contribution >= 4 is 0 Å². The van der Waals surface area contributed by atoms with Crippen molar-refractivity contribution in [3.05, 3.63) is 53.9 Å². The van der Waals surface area contributed by atoms with Gasteiger partial charge in [0.05, 0.1) is 7.11 Å². The van der Waals surface area contributed by atoms with Crippen molar-refractivity contribution in [3.8, 4) is 11.5 Å². The van der Waals surface area contributed by atoms with Crippen LogP contribution in [0.3, 0.4) is 0 Å². The predicted molar refractivity (Wildman–Crippen MR) is 113 cm³/mol. The molecule has 3 rings (SSSR count). The second-order valence-corrected chi connectivity index (χ2v) is 7.92. The Morgan fingerprint density at radius 1 is 1.18 bits per heavy atom. The van der Waals surface area contributed by atoms with Crippen molar-refractivity contribution in [2.75, 3.05) is 26.7 Å². The molecule has 0 amide bonds. The Morgan fingerprint density at radius 2 is 2.00 bits per heavy atom. The zero-order chi connectivity index (χ0) is 19.8. The van der Waals surface area contributed by atoms with Crippen LogP contribution in [0.15, 0.2) is 42.7 Å². The summed E-state index contributed by atoms with van der Waals surface area (Å²) in [7, 11) is 1.69. The molecule has 0 aliphatic carbocycles. The first kappa shape index (κ1) is 20.6. The molecule has 1 N–H and O–H groups in total. The third kappa shape index (κ3) is 6.21. The van der Waals surface area contributed by atoms with Gasteiger partial charge in [0.25, 0.3) is 0 Å². The van der Waals surface area contributed by atoms with Gasteiger partial charge in [0, 0.05) is 38.1 Å². The predicted octanol–water partition coefficient (Wildman–Crippen LogP) is 3.88. The van der Waals surface area contributed by atoms with Crippen molar-refractivity contribution in [2.24, 2.45) is 5.92 Å². The van der Waals surface area contributed by atoms with Gasteiger partial charge >= 0.3 is 0 Å². The third-order valence-corrected chi connectivity index (χ3v) is 5.30. The summed E-state index contributed by atoms with van der Waals surface area (Å²) >= 11 is 0. The Labute approximate surface area is 169 Å². The number of pyridine rings is 1. The Bertz CT molecular complexity index is 723. The van der Waals surface area contributed by atoms with Crippen LogP contribution >= 0.6 is 0 Å². The minimum atomic E-state index is 0.457. The maximum atomic E-state index is 5.93. The van der Waals surface area contributed by atoms with E-state index in [0.29, 0.717) is 12.6 Å². The summed E-state index contributed by atoms with van der Waals surface area (Å²) in [5, 5.41) is 3.64. The first-order valence-corrected chi connectivity index (χ1v) is 10.3. The van der Waals surface area contributed by atoms with Gasteiger partial charge in [-0.3, -0.25) is 4.98 Å². The highest BCUT2D eigenvalue weighted by Gasteiger charge is 2.18. The number of likely N-dealkylation sites (tertiary alicyclic amines) is 1. The maximum absolute atomic E-state index is 5.93. The Hall–Kier alpha value is -2.11. The van der Waals surface area contributed by atoms with Crippen LogP contribution < -0.4 is 14.8 Å². The van der Waals surface area contributed by atoms with Crippen LogP contribution in [-0.2, 0) is 13.2 Å². The third-order valence-electron chi connectivity index (χ3n) is 5.30. The van der Waals surface area contributed by atoms with Crippen LogP contribution in [0.4, 0.5) is 0 Å². The van der Waals surface area contributed by atoms with Gasteiger partial charge in [0.2, 0.25) is 0 Å². The minimum absolute atomic E-state index is 0.457. The molecule has 0 radical (unpaired) electrons. The monoisotopic (exact) mass is 383 g/mol. The number of hydrogen-bond donors (Lipinski definition) is 1. The van der Waals surface area contributed by atoms with Crippen LogP contribution in [-0.4, -0.2) is 42.7 Å². The van der Waals surface area contributed by atoms with Crippen LogP contribution in [0.25, 0.3) is 0 Å². The SMILES string of the molecule is COc1cc(CNC(C)CN2CCCC(C)C2)ccc1OCc1ccncc1. The molecule has 1 saturated heterocycles. The number of methoxy groups -OCH3 is 1. The van der Waals surface area contributed by atoms with E-state index in [1.54, 1.807) is 19.5 Å². The fourth-order valence-corrected chi connectivity index (χ4v) is 3.78. The van der Waals surface area contributed by atoms with Gasteiger partial charge in [-0.25, -0.2) is 0 Å². The van der Waals surface area contributed by atoms with E-state index in [1.165, 1.54) is 31.5 Å². The second kappa shape index (κ2) is 10.4. The number of nitrogens with one attached hydrogen (secondary N) is 1. The van der Waals surface area contributed by atoms with Crippen molar-refractivity contribution < 1.29 is 9.47 Å². The van der Waals surface area contributed by atoms with E-state index in [0.717, 1.165) is 36.1 Å². The molecule has 2 aromatic rings. The molecule has 1 aliphatic rings. The van der Waals surface area contributed by atoms with E-state index in [1.807, 2.05) is 18.2 Å². The maximum Gasteiger partial charge on any atom is 0.161 e. The molecular formula is C23H33N3O2. The second-order valence-electron chi connectivity index (χ2n) is 7.92. The van der Waals surface area contributed by atoms with Gasteiger partial charge < -0.3 is 19.7 Å². The van der Waals surface area contributed by atoms with E-state index >= 15 is 0 Å². The van der Waals surface area contributed by atoms with E-state index in [9.17, 15) is 0 Å². The molecule has 0 spiro atoms. The molecule has 5 nitrogen and oxygen atoms in total. The number of nitrogens with zero attached hydrogens (tertiary/aromatic N) is 2. The summed E-state index contributed by atoms with van der Waals surface area (Å²) in [6.07, 6.45) is 6.24. The van der Waals surface area contributed by atoms with E-state index in [2.05, 4.69) is 41.2 Å². The topological polar surface area (TPSA) is 46.6 Å². The quantitative estimate of drug-likeness (QED) is 0.712. The average molecular weight is 384 g/mol. The lowest BCUT2D eigenvalue weighted by atomic mass is 10.00. The van der Waals surface area contributed by atoms with Gasteiger partial charge in [-0.1, -0.05) is 13.0 Å². The van der Waals surface area contributed by atoms with E-state index in [4.69, 9.17) is 9.47 Å². The zero-order valence-electron chi connectivity index (χ0n) is 17.4. The molecule has 0 bridgehead atoms. The summed E-state index contributed by atoms with van der Waals surface area (Å²) < 4.78 is 11.5. The molecule has 1 fully saturated rings. The molecule has 5 heteroatoms. The zero-order valence-corrected chi connectivity index (χ0v) is 17.4. The first-order chi connectivity index (χ1) is 13.6. The fourth-order valence-electron chi connectivity index (χ4n) is 3.78. The summed E-state index contributed by atoms with van der Waals surface area (Å²) in [4.78, 5) is 6.62. The molecule has 28 heavy (non-hydrogen) atoms. The summed E-state index contributed by atoms with van der Waals surface area (Å²) in [5.74, 6) is 2.36. The standard InChI is InChI=1S/C23H33N3O2/c1-18-5-4-12-26(15-18)16-19(2)25-14-21-6-7-22(23(13-21)27-3)28-17-20-8-10-24-11-9-20/h6-11,13,18-19,25H,4-5,12,14-17H2,1-3H3. The Balaban J connectivity index is 1.50. The highest BCUT2D eigenvalue weighted by Crippen LogP contribution is 2.29. The number of piperidine rings is 1. The minimum Gasteiger partial charge on any atom is -0.493 e. The Kier molecular flexibility index (Phi) is 7.69. The van der Waals surface area contributed by atoms with Gasteiger partial charge in [-0.05, 0) is 67.6 Å². The normalized spacial score (nSPS) is 18.6. The summed E-state index contributed by atoms with van der Waals surface area (Å²) in [5.41, 5.74) is 2.29. The van der Waals surface area contributed by atoms with Crippen molar-refractivity contribution in [1.29, 1.82) is 0 Å². The lowest BCUT2D eigenvalue weighted by Crippen LogP contribution is -2.43. The molecule has 0 saturated carbocycles. The average Bonchev–Trinajstić information content (AvgIpc) is 2.71. The molecule has 1 aromatic carbocycles. The van der Waals surface area contributed by atoms with Gasteiger partial charge in [0.15, 0.2) is 11.5 Å². The summed E-state index contributed by atoms with van der Waals surface area (Å²) in [6, 6.07) is 10.5. The largest absolute Gasteiger partial charge is 0.493 e. The first-order valence-electron chi connectivity index (χ1n) is 10.3. The molecule has 1 aliphatic heterocycles. The number of ether oxygens (including phenoxy) is 2. The highest BCUT2D eigenvalue weighted by molar-refractivity contribution is 5.43. The molecule has 2 unspecified atom stereocenters. The molecule has 2 atom stereocenters. The smallest absolute Gasteiger partial charge is 0.161 e. The lowest BCUT2D eigenvalue weighted by Gasteiger charge is -2.33. The van der Waals surface area contributed by atoms with E-state index < -0.39 is 0 Å². The molecule has 1 aromatic heterocycles. The van der Waals surface area contributed by atoms with Crippen LogP contribution in [0, 0.1) is 5.92 Å². The Morgan fingerprint density at radius 3 is 2.75 bits per heavy atom. The molecule has 2 heterocycles. The van der Waals surface area contributed by atoms with Gasteiger partial charge in [-0.15, -0.1) is 0 Å². The fraction of sp³-hybridized carbons (Fsp3) is 0.522. The van der Waals surface area contributed by atoms with Crippen LogP contribution in [0.2, 0.25) is 0 Å². The van der Waals surface area contributed by atoms with Crippen molar-refractivity contribution in [1.82, 2.24) is 15.2 Å². The van der Waals surface area contributed by atoms with Crippen molar-refractivity contribution in [2.45, 2.75) is 45.9 Å². The molecule has 152 valence electrons. The lowest BCUT2D eigenvalue weighted by molar-refractivity contribution is 0.169. The number of benzene rings is 1. The van der Waals surface area contributed by atoms with Crippen molar-refractivity contribution in [3.63, 3.8) is 0 Å². The van der Waals surface area contributed by atoms with Gasteiger partial charge in [0.1, 0.15) is 6.61 Å². The van der Waals surface area contributed by atoms with Gasteiger partial charge in [-0.2, -0.15) is 0 Å². The molecular weight excluding hydrogens is 350 g/mol. The van der Waals surface area contributed by atoms with Crippen LogP contribution in [0.5, 0.6) is 11.5 Å². The highest BCUT2D eigenvalue weighted by atomic mass is 16.5. The van der Waals surface area contributed by atoms with E-state index in [-0.39, 0.29) is 0 Å². The van der Waals surface area contributed by atoms with Crippen LogP contribution in [0.1, 0.15) is 37.8 Å². The number of rotatable bonds is 9.